The molecule has 1 saturated heterocycles. The smallest absolute Gasteiger partial charge is 0.321 e. The second kappa shape index (κ2) is 6.96. The van der Waals surface area contributed by atoms with Crippen LogP contribution in [0.25, 0.3) is 0 Å². The van der Waals surface area contributed by atoms with Crippen LogP contribution in [0, 0.1) is 0 Å². The maximum atomic E-state index is 12.6. The van der Waals surface area contributed by atoms with Crippen molar-refractivity contribution in [3.8, 4) is 17.2 Å². The molecule has 1 fully saturated rings. The Balaban J connectivity index is 1.44. The Labute approximate surface area is 156 Å². The number of fused-ring (bicyclic) bond motifs is 1. The van der Waals surface area contributed by atoms with E-state index in [0.29, 0.717) is 29.5 Å². The van der Waals surface area contributed by atoms with E-state index in [1.54, 1.807) is 30.2 Å². The Morgan fingerprint density at radius 2 is 2.08 bits per heavy atom. The third-order valence-corrected chi connectivity index (χ3v) is 4.98. The lowest BCUT2D eigenvalue weighted by Crippen LogP contribution is -2.32. The van der Waals surface area contributed by atoms with Crippen molar-refractivity contribution in [3.05, 3.63) is 47.0 Å². The van der Waals surface area contributed by atoms with Gasteiger partial charge in [0.05, 0.1) is 12.8 Å². The number of hydrogen-bond acceptors (Lipinski definition) is 4. The van der Waals surface area contributed by atoms with Crippen LogP contribution in [0.4, 0.5) is 10.5 Å². The normalized spacial score (nSPS) is 18.1. The maximum absolute atomic E-state index is 12.6. The number of hydrogen-bond donors (Lipinski definition) is 1. The van der Waals surface area contributed by atoms with Crippen molar-refractivity contribution in [2.75, 3.05) is 32.3 Å². The van der Waals surface area contributed by atoms with Gasteiger partial charge in [-0.1, -0.05) is 17.7 Å². The summed E-state index contributed by atoms with van der Waals surface area (Å²) in [5, 5.41) is 3.43. The predicted octanol–water partition coefficient (Wildman–Crippen LogP) is 4.10. The second-order valence-electron chi connectivity index (χ2n) is 6.32. The Morgan fingerprint density at radius 3 is 2.92 bits per heavy atom. The van der Waals surface area contributed by atoms with Crippen LogP contribution in [0.15, 0.2) is 36.4 Å². The molecule has 2 aromatic rings. The molecule has 1 atom stereocenters. The maximum Gasteiger partial charge on any atom is 0.321 e. The number of amides is 2. The number of methoxy groups -OCH3 is 1. The van der Waals surface area contributed by atoms with E-state index in [4.69, 9.17) is 25.8 Å². The van der Waals surface area contributed by atoms with Gasteiger partial charge in [0.1, 0.15) is 5.75 Å². The van der Waals surface area contributed by atoms with Gasteiger partial charge in [-0.15, -0.1) is 0 Å². The molecule has 0 bridgehead atoms. The topological polar surface area (TPSA) is 60.0 Å². The number of urea groups is 1. The van der Waals surface area contributed by atoms with E-state index in [1.165, 1.54) is 0 Å². The van der Waals surface area contributed by atoms with Gasteiger partial charge in [-0.2, -0.15) is 0 Å². The number of halogens is 1. The van der Waals surface area contributed by atoms with Gasteiger partial charge < -0.3 is 24.4 Å². The van der Waals surface area contributed by atoms with E-state index in [9.17, 15) is 4.79 Å². The van der Waals surface area contributed by atoms with Gasteiger partial charge in [-0.05, 0) is 42.3 Å². The summed E-state index contributed by atoms with van der Waals surface area (Å²) in [5.41, 5.74) is 1.72. The molecule has 0 aliphatic carbocycles. The second-order valence-corrected chi connectivity index (χ2v) is 6.76. The van der Waals surface area contributed by atoms with Crippen LogP contribution in [0.3, 0.4) is 0 Å². The largest absolute Gasteiger partial charge is 0.495 e. The van der Waals surface area contributed by atoms with Gasteiger partial charge in [-0.3, -0.25) is 0 Å². The number of likely N-dealkylation sites (tertiary alicyclic amines) is 1. The third kappa shape index (κ3) is 3.24. The van der Waals surface area contributed by atoms with E-state index in [1.807, 2.05) is 18.2 Å². The molecular weight excluding hydrogens is 356 g/mol. The zero-order valence-corrected chi connectivity index (χ0v) is 15.1. The standard InChI is InChI=1S/C19H19ClN2O4/c1-24-16-5-3-14(20)9-15(16)21-19(23)22-7-6-13(10-22)12-2-4-17-18(8-12)26-11-25-17/h2-5,8-9,13H,6-7,10-11H2,1H3,(H,21,23). The summed E-state index contributed by atoms with van der Waals surface area (Å²) in [6.07, 6.45) is 0.903. The molecule has 0 aromatic heterocycles. The molecule has 4 rings (SSSR count). The number of anilines is 1. The minimum Gasteiger partial charge on any atom is -0.495 e. The Bertz CT molecular complexity index is 842. The van der Waals surface area contributed by atoms with E-state index in [-0.39, 0.29) is 18.7 Å². The minimum atomic E-state index is -0.159. The van der Waals surface area contributed by atoms with Crippen LogP contribution in [0.1, 0.15) is 17.9 Å². The summed E-state index contributed by atoms with van der Waals surface area (Å²) in [6.45, 7) is 1.60. The van der Waals surface area contributed by atoms with Crippen LogP contribution >= 0.6 is 11.6 Å². The molecule has 2 amide bonds. The summed E-state index contributed by atoms with van der Waals surface area (Å²) in [7, 11) is 1.56. The van der Waals surface area contributed by atoms with Crippen LogP contribution in [0.5, 0.6) is 17.2 Å². The number of carbonyl (C=O) groups is 1. The number of nitrogens with one attached hydrogen (secondary N) is 1. The van der Waals surface area contributed by atoms with Gasteiger partial charge in [0, 0.05) is 24.0 Å². The van der Waals surface area contributed by atoms with Crippen molar-refractivity contribution < 1.29 is 19.0 Å². The molecule has 0 saturated carbocycles. The lowest BCUT2D eigenvalue weighted by atomic mass is 9.98. The quantitative estimate of drug-likeness (QED) is 0.878. The van der Waals surface area contributed by atoms with E-state index in [2.05, 4.69) is 5.32 Å². The summed E-state index contributed by atoms with van der Waals surface area (Å²) < 4.78 is 16.1. The average molecular weight is 375 g/mol. The first-order valence-electron chi connectivity index (χ1n) is 8.43. The monoisotopic (exact) mass is 374 g/mol. The number of carbonyl (C=O) groups excluding carboxylic acids is 1. The SMILES string of the molecule is COc1ccc(Cl)cc1NC(=O)N1CCC(c2ccc3c(c2)OCO3)C1. The van der Waals surface area contributed by atoms with Crippen LogP contribution in [-0.2, 0) is 0 Å². The highest BCUT2D eigenvalue weighted by atomic mass is 35.5. The molecule has 2 aliphatic rings. The van der Waals surface area contributed by atoms with Crippen LogP contribution in [-0.4, -0.2) is 37.9 Å². The van der Waals surface area contributed by atoms with Gasteiger partial charge in [0.25, 0.3) is 0 Å². The fourth-order valence-corrected chi connectivity index (χ4v) is 3.53. The highest BCUT2D eigenvalue weighted by Crippen LogP contribution is 2.37. The molecular formula is C19H19ClN2O4. The van der Waals surface area contributed by atoms with Crippen molar-refractivity contribution in [1.29, 1.82) is 0 Å². The van der Waals surface area contributed by atoms with Crippen LogP contribution in [0.2, 0.25) is 5.02 Å². The minimum absolute atomic E-state index is 0.159. The van der Waals surface area contributed by atoms with Crippen molar-refractivity contribution >= 4 is 23.3 Å². The first-order chi connectivity index (χ1) is 12.6. The lowest BCUT2D eigenvalue weighted by Gasteiger charge is -2.19. The first-order valence-corrected chi connectivity index (χ1v) is 8.81. The number of nitrogens with zero attached hydrogens (tertiary/aromatic N) is 1. The van der Waals surface area contributed by atoms with Crippen molar-refractivity contribution in [1.82, 2.24) is 4.90 Å². The van der Waals surface area contributed by atoms with E-state index >= 15 is 0 Å². The molecule has 26 heavy (non-hydrogen) atoms. The fraction of sp³-hybridized carbons (Fsp3) is 0.316. The molecule has 7 heteroatoms. The predicted molar refractivity (Wildman–Crippen MR) is 98.5 cm³/mol. The van der Waals surface area contributed by atoms with Gasteiger partial charge in [-0.25, -0.2) is 4.79 Å². The summed E-state index contributed by atoms with van der Waals surface area (Å²) in [6, 6.07) is 11.0. The average Bonchev–Trinajstić information content (AvgIpc) is 3.30. The Morgan fingerprint density at radius 1 is 1.23 bits per heavy atom. The molecule has 1 unspecified atom stereocenters. The van der Waals surface area contributed by atoms with Gasteiger partial charge >= 0.3 is 6.03 Å². The highest BCUT2D eigenvalue weighted by Gasteiger charge is 2.29. The molecule has 1 N–H and O–H groups in total. The Kier molecular flexibility index (Phi) is 4.51. The summed E-state index contributed by atoms with van der Waals surface area (Å²) in [5.74, 6) is 2.40. The van der Waals surface area contributed by atoms with Gasteiger partial charge in [0.15, 0.2) is 11.5 Å². The first kappa shape index (κ1) is 16.8. The molecule has 136 valence electrons. The molecule has 2 aliphatic heterocycles. The van der Waals surface area contributed by atoms with E-state index < -0.39 is 0 Å². The summed E-state index contributed by atoms with van der Waals surface area (Å²) in [4.78, 5) is 14.4. The molecule has 2 heterocycles. The lowest BCUT2D eigenvalue weighted by molar-refractivity contribution is 0.174. The van der Waals surface area contributed by atoms with E-state index in [0.717, 1.165) is 23.5 Å². The van der Waals surface area contributed by atoms with Gasteiger partial charge in [0.2, 0.25) is 6.79 Å². The van der Waals surface area contributed by atoms with Crippen molar-refractivity contribution in [2.24, 2.45) is 0 Å². The third-order valence-electron chi connectivity index (χ3n) is 4.75. The zero-order valence-electron chi connectivity index (χ0n) is 14.3. The molecule has 2 aromatic carbocycles. The molecule has 6 nitrogen and oxygen atoms in total. The number of rotatable bonds is 3. The fourth-order valence-electron chi connectivity index (χ4n) is 3.36. The van der Waals surface area contributed by atoms with Crippen molar-refractivity contribution in [3.63, 3.8) is 0 Å². The molecule has 0 radical (unpaired) electrons. The summed E-state index contributed by atoms with van der Waals surface area (Å²) >= 11 is 6.02. The zero-order chi connectivity index (χ0) is 18.1. The van der Waals surface area contributed by atoms with Crippen molar-refractivity contribution in [2.45, 2.75) is 12.3 Å². The number of benzene rings is 2. The highest BCUT2D eigenvalue weighted by molar-refractivity contribution is 6.31. The number of ether oxygens (including phenoxy) is 3. The Hall–Kier alpha value is -2.60. The van der Waals surface area contributed by atoms with Crippen LogP contribution < -0.4 is 19.5 Å². The molecule has 0 spiro atoms.